The second-order valence-corrected chi connectivity index (χ2v) is 18.8. The van der Waals surface area contributed by atoms with Crippen LogP contribution in [0.4, 0.5) is 4.79 Å². The number of amides is 1. The van der Waals surface area contributed by atoms with Crippen molar-refractivity contribution in [2.45, 2.75) is 188 Å². The average Bonchev–Trinajstić information content (AvgIpc) is 3.21. The standard InChI is InChI=1S/C50H82N2O7/c1-34(15-11-10-12-16-36(3)47(57-9)32-45-26-19-37(4)48(33-53)58-45)29-38(5)40(7)31-41(8)39(6)30-35(2)18-25-44(27-22-42-20-23-43(51)24-21-42)59-49(54)46-17-13-14-28-52(46)50(55)56/h10-12,15-16,30,33-35,37-38,41-48H,7,13-14,17-29,31-32,51H2,1-6,8-9H3,(H,55,56)/b12-10+,15-11+,36-16+,39-30+/t34?,35?,37-,38?,41?,42?,43?,44?,45+,46?,47?,48?/m1/s1. The molecule has 59 heavy (non-hydrogen) atoms. The molecule has 2 heterocycles. The molecule has 1 aliphatic carbocycles. The third-order valence-electron chi connectivity index (χ3n) is 13.6. The fraction of sp³-hybridized carbons (Fsp3) is 0.740. The van der Waals surface area contributed by atoms with E-state index in [1.165, 1.54) is 16.0 Å². The van der Waals surface area contributed by atoms with Gasteiger partial charge in [0.15, 0.2) is 0 Å². The van der Waals surface area contributed by atoms with E-state index >= 15 is 0 Å². The van der Waals surface area contributed by atoms with E-state index < -0.39 is 12.1 Å². The van der Waals surface area contributed by atoms with Crippen LogP contribution in [0.2, 0.25) is 0 Å². The van der Waals surface area contributed by atoms with Gasteiger partial charge in [0.1, 0.15) is 24.5 Å². The van der Waals surface area contributed by atoms with Crippen LogP contribution in [0, 0.1) is 35.5 Å². The van der Waals surface area contributed by atoms with Crippen LogP contribution in [0.15, 0.2) is 59.8 Å². The van der Waals surface area contributed by atoms with Crippen molar-refractivity contribution in [2.75, 3.05) is 13.7 Å². The van der Waals surface area contributed by atoms with Gasteiger partial charge in [-0.25, -0.2) is 9.59 Å². The van der Waals surface area contributed by atoms with Gasteiger partial charge < -0.3 is 29.8 Å². The molecule has 8 unspecified atom stereocenters. The van der Waals surface area contributed by atoms with E-state index in [9.17, 15) is 19.5 Å². The van der Waals surface area contributed by atoms with Crippen molar-refractivity contribution in [3.63, 3.8) is 0 Å². The third-order valence-corrected chi connectivity index (χ3v) is 13.6. The Morgan fingerprint density at radius 2 is 1.64 bits per heavy atom. The Morgan fingerprint density at radius 1 is 0.915 bits per heavy atom. The Balaban J connectivity index is 1.46. The summed E-state index contributed by atoms with van der Waals surface area (Å²) in [5.41, 5.74) is 9.94. The third kappa shape index (κ3) is 17.9. The number of likely N-dealkylation sites (tertiary alicyclic amines) is 1. The van der Waals surface area contributed by atoms with Crippen molar-refractivity contribution < 1.29 is 33.7 Å². The lowest BCUT2D eigenvalue weighted by Gasteiger charge is -2.33. The van der Waals surface area contributed by atoms with Gasteiger partial charge in [0.2, 0.25) is 0 Å². The second kappa shape index (κ2) is 26.4. The van der Waals surface area contributed by atoms with E-state index in [-0.39, 0.29) is 36.3 Å². The number of esters is 1. The smallest absolute Gasteiger partial charge is 0.408 e. The van der Waals surface area contributed by atoms with Crippen LogP contribution in [0.1, 0.15) is 151 Å². The molecule has 0 aromatic carbocycles. The molecule has 2 aliphatic heterocycles. The highest BCUT2D eigenvalue weighted by Crippen LogP contribution is 2.32. The molecule has 1 amide bonds. The van der Waals surface area contributed by atoms with Crippen molar-refractivity contribution in [1.82, 2.24) is 4.90 Å². The minimum Gasteiger partial charge on any atom is -0.465 e. The molecule has 0 aromatic heterocycles. The molecule has 3 rings (SSSR count). The van der Waals surface area contributed by atoms with E-state index in [1.54, 1.807) is 7.11 Å². The number of carbonyl (C=O) groups is 3. The summed E-state index contributed by atoms with van der Waals surface area (Å²) in [6.45, 7) is 20.4. The summed E-state index contributed by atoms with van der Waals surface area (Å²) < 4.78 is 18.0. The number of nitrogens with zero attached hydrogens (tertiary/aromatic N) is 1. The van der Waals surface area contributed by atoms with Gasteiger partial charge in [-0.2, -0.15) is 0 Å². The Kier molecular flexibility index (Phi) is 22.5. The topological polar surface area (TPSA) is 128 Å². The maximum atomic E-state index is 13.4. The van der Waals surface area contributed by atoms with Crippen LogP contribution in [-0.2, 0) is 23.8 Å². The van der Waals surface area contributed by atoms with Gasteiger partial charge in [-0.05, 0) is 151 Å². The normalized spacial score (nSPS) is 27.8. The highest BCUT2D eigenvalue weighted by molar-refractivity contribution is 5.81. The first kappa shape index (κ1) is 50.3. The number of carbonyl (C=O) groups excluding carboxylic acids is 2. The van der Waals surface area contributed by atoms with E-state index in [0.29, 0.717) is 48.6 Å². The van der Waals surface area contributed by atoms with Crippen LogP contribution in [0.5, 0.6) is 0 Å². The molecule has 0 radical (unpaired) electrons. The highest BCUT2D eigenvalue weighted by Gasteiger charge is 2.35. The lowest BCUT2D eigenvalue weighted by Crippen LogP contribution is -2.48. The molecule has 3 aliphatic rings. The van der Waals surface area contributed by atoms with Gasteiger partial charge >= 0.3 is 12.1 Å². The number of nitrogens with two attached hydrogens (primary N) is 1. The van der Waals surface area contributed by atoms with Crippen LogP contribution < -0.4 is 5.73 Å². The van der Waals surface area contributed by atoms with Crippen LogP contribution in [0.3, 0.4) is 0 Å². The minimum absolute atomic E-state index is 0.0376. The number of methoxy groups -OCH3 is 1. The van der Waals surface area contributed by atoms with E-state index in [0.717, 1.165) is 108 Å². The first-order chi connectivity index (χ1) is 28.1. The molecule has 1 saturated carbocycles. The number of aldehydes is 1. The van der Waals surface area contributed by atoms with Crippen LogP contribution in [0.25, 0.3) is 0 Å². The number of piperidine rings is 1. The molecule has 9 heteroatoms. The predicted octanol–water partition coefficient (Wildman–Crippen LogP) is 11.2. The fourth-order valence-corrected chi connectivity index (χ4v) is 9.23. The maximum Gasteiger partial charge on any atom is 0.408 e. The Labute approximate surface area is 358 Å². The zero-order valence-corrected chi connectivity index (χ0v) is 38.1. The zero-order chi connectivity index (χ0) is 43.5. The molecule has 0 aromatic rings. The van der Waals surface area contributed by atoms with Crippen LogP contribution >= 0.6 is 0 Å². The second-order valence-electron chi connectivity index (χ2n) is 18.8. The minimum atomic E-state index is -1.04. The molecule has 10 atom stereocenters. The number of allylic oxidation sites excluding steroid dienone is 8. The lowest BCUT2D eigenvalue weighted by molar-refractivity contribution is -0.157. The number of hydrogen-bond acceptors (Lipinski definition) is 7. The van der Waals surface area contributed by atoms with E-state index in [4.69, 9.17) is 19.9 Å². The summed E-state index contributed by atoms with van der Waals surface area (Å²) in [7, 11) is 1.73. The highest BCUT2D eigenvalue weighted by atomic mass is 16.5. The quantitative estimate of drug-likeness (QED) is 0.0451. The van der Waals surface area contributed by atoms with Crippen molar-refractivity contribution in [3.8, 4) is 0 Å². The van der Waals surface area contributed by atoms with Crippen molar-refractivity contribution in [3.05, 3.63) is 59.8 Å². The van der Waals surface area contributed by atoms with Crippen molar-refractivity contribution >= 4 is 18.3 Å². The molecule has 3 fully saturated rings. The zero-order valence-electron chi connectivity index (χ0n) is 38.1. The lowest BCUT2D eigenvalue weighted by atomic mass is 9.82. The molecule has 334 valence electrons. The monoisotopic (exact) mass is 823 g/mol. The van der Waals surface area contributed by atoms with E-state index in [2.05, 4.69) is 91.5 Å². The summed E-state index contributed by atoms with van der Waals surface area (Å²) >= 11 is 0. The summed E-state index contributed by atoms with van der Waals surface area (Å²) in [6.07, 6.45) is 27.1. The number of ether oxygens (including phenoxy) is 3. The number of carboxylic acid groups (broad SMARTS) is 1. The maximum absolute atomic E-state index is 13.4. The molecule has 3 N–H and O–H groups in total. The molecular formula is C50H82N2O7. The summed E-state index contributed by atoms with van der Waals surface area (Å²) in [6, 6.07) is -0.398. The number of hydrogen-bond donors (Lipinski definition) is 2. The van der Waals surface area contributed by atoms with Crippen molar-refractivity contribution in [1.29, 1.82) is 0 Å². The summed E-state index contributed by atoms with van der Waals surface area (Å²) in [4.78, 5) is 37.9. The molecule has 9 nitrogen and oxygen atoms in total. The van der Waals surface area contributed by atoms with Gasteiger partial charge in [0.05, 0.1) is 12.2 Å². The van der Waals surface area contributed by atoms with Gasteiger partial charge in [0.25, 0.3) is 0 Å². The van der Waals surface area contributed by atoms with Crippen molar-refractivity contribution in [2.24, 2.45) is 41.2 Å². The largest absolute Gasteiger partial charge is 0.465 e. The van der Waals surface area contributed by atoms with Gasteiger partial charge in [0, 0.05) is 26.1 Å². The predicted molar refractivity (Wildman–Crippen MR) is 240 cm³/mol. The first-order valence-corrected chi connectivity index (χ1v) is 23.1. The first-order valence-electron chi connectivity index (χ1n) is 23.1. The Bertz CT molecular complexity index is 1430. The Hall–Kier alpha value is -3.01. The van der Waals surface area contributed by atoms with Gasteiger partial charge in [-0.3, -0.25) is 4.90 Å². The Morgan fingerprint density at radius 3 is 2.32 bits per heavy atom. The molecule has 0 bridgehead atoms. The summed E-state index contributed by atoms with van der Waals surface area (Å²) in [5, 5.41) is 9.72. The molecular weight excluding hydrogens is 741 g/mol. The number of rotatable bonds is 23. The summed E-state index contributed by atoms with van der Waals surface area (Å²) in [5.74, 6) is 2.02. The fourth-order valence-electron chi connectivity index (χ4n) is 9.23. The SMILES string of the molecule is C=C(CC(C)/C(C)=C/C(C)CCC(CCC1CCC(N)CC1)OC(=O)C1CCCCN1C(=O)O)C(C)CC(C)/C=C/C=C/C=C(\C)C(C[C@@H]1CC[C@@H](C)C(C=O)O1)OC. The molecule has 2 saturated heterocycles. The van der Waals surface area contributed by atoms with E-state index in [1.807, 2.05) is 0 Å². The van der Waals surface area contributed by atoms with Crippen LogP contribution in [-0.4, -0.2) is 78.5 Å². The average molecular weight is 823 g/mol. The van der Waals surface area contributed by atoms with Gasteiger partial charge in [-0.1, -0.05) is 88.8 Å². The molecule has 0 spiro atoms. The van der Waals surface area contributed by atoms with Gasteiger partial charge in [-0.15, -0.1) is 0 Å².